The van der Waals surface area contributed by atoms with Crippen LogP contribution in [-0.2, 0) is 0 Å². The molecule has 2 heterocycles. The van der Waals surface area contributed by atoms with Crippen LogP contribution in [0.2, 0.25) is 0 Å². The highest BCUT2D eigenvalue weighted by atomic mass is 32.1. The van der Waals surface area contributed by atoms with Gasteiger partial charge in [-0.15, -0.1) is 11.3 Å². The highest BCUT2D eigenvalue weighted by Gasteiger charge is 2.26. The number of carbonyl (C=O) groups excluding carboxylic acids is 1. The molecule has 0 bridgehead atoms. The van der Waals surface area contributed by atoms with Crippen LogP contribution in [0.5, 0.6) is 0 Å². The van der Waals surface area contributed by atoms with Crippen molar-refractivity contribution in [3.05, 3.63) is 16.1 Å². The molecule has 1 aliphatic rings. The van der Waals surface area contributed by atoms with Gasteiger partial charge in [0, 0.05) is 13.1 Å². The van der Waals surface area contributed by atoms with Crippen molar-refractivity contribution >= 4 is 17.2 Å². The third-order valence-electron chi connectivity index (χ3n) is 2.28. The maximum Gasteiger partial charge on any atom is 0.265 e. The number of aryl methyl sites for hydroxylation is 1. The van der Waals surface area contributed by atoms with E-state index in [1.807, 2.05) is 6.92 Å². The van der Waals surface area contributed by atoms with E-state index in [1.165, 1.54) is 11.3 Å². The first-order chi connectivity index (χ1) is 6.66. The molecule has 14 heavy (non-hydrogen) atoms. The number of hydrogen-bond donors (Lipinski definition) is 1. The molecule has 1 aromatic heterocycles. The third-order valence-corrected chi connectivity index (χ3v) is 3.18. The predicted octanol–water partition coefficient (Wildman–Crippen LogP) is 0.658. The Labute approximate surface area is 86.2 Å². The van der Waals surface area contributed by atoms with E-state index in [0.29, 0.717) is 24.4 Å². The van der Waals surface area contributed by atoms with Gasteiger partial charge in [0.05, 0.1) is 17.3 Å². The highest BCUT2D eigenvalue weighted by molar-refractivity contribution is 7.13. The number of likely N-dealkylation sites (tertiary alicyclic amines) is 1. The van der Waals surface area contributed by atoms with Crippen LogP contribution in [-0.4, -0.2) is 40.1 Å². The molecular formula is C9H12N2O2S. The molecule has 0 radical (unpaired) electrons. The van der Waals surface area contributed by atoms with Crippen molar-refractivity contribution in [2.24, 2.45) is 0 Å². The Bertz CT molecular complexity index is 350. The largest absolute Gasteiger partial charge is 0.391 e. The summed E-state index contributed by atoms with van der Waals surface area (Å²) in [5.74, 6) is -0.00727. The zero-order valence-corrected chi connectivity index (χ0v) is 8.75. The maximum absolute atomic E-state index is 11.8. The van der Waals surface area contributed by atoms with E-state index in [2.05, 4.69) is 4.98 Å². The molecule has 0 aliphatic carbocycles. The van der Waals surface area contributed by atoms with E-state index >= 15 is 0 Å². The van der Waals surface area contributed by atoms with Crippen molar-refractivity contribution in [2.45, 2.75) is 19.4 Å². The summed E-state index contributed by atoms with van der Waals surface area (Å²) >= 11 is 1.40. The van der Waals surface area contributed by atoms with Gasteiger partial charge < -0.3 is 10.0 Å². The summed E-state index contributed by atoms with van der Waals surface area (Å²) in [5, 5.41) is 10.2. The molecule has 1 amide bonds. The molecule has 4 nitrogen and oxygen atoms in total. The Morgan fingerprint density at radius 2 is 2.57 bits per heavy atom. The van der Waals surface area contributed by atoms with Crippen LogP contribution >= 0.6 is 11.3 Å². The van der Waals surface area contributed by atoms with Gasteiger partial charge in [-0.2, -0.15) is 0 Å². The zero-order chi connectivity index (χ0) is 10.1. The first kappa shape index (κ1) is 9.61. The van der Waals surface area contributed by atoms with Crippen LogP contribution in [0.15, 0.2) is 6.20 Å². The molecule has 2 rings (SSSR count). The number of aromatic nitrogens is 1. The highest BCUT2D eigenvalue weighted by Crippen LogP contribution is 2.17. The van der Waals surface area contributed by atoms with E-state index < -0.39 is 0 Å². The maximum atomic E-state index is 11.8. The number of rotatable bonds is 1. The van der Waals surface area contributed by atoms with Crippen LogP contribution in [0, 0.1) is 6.92 Å². The SMILES string of the molecule is Cc1ncc(C(=O)N2CC[C@@H](O)C2)s1. The number of hydrogen-bond acceptors (Lipinski definition) is 4. The predicted molar refractivity (Wildman–Crippen MR) is 53.4 cm³/mol. The number of aliphatic hydroxyl groups is 1. The fourth-order valence-electron chi connectivity index (χ4n) is 1.54. The molecule has 1 fully saturated rings. The standard InChI is InChI=1S/C9H12N2O2S/c1-6-10-4-8(14-6)9(13)11-3-2-7(12)5-11/h4,7,12H,2-3,5H2,1H3/t7-/m1/s1. The van der Waals surface area contributed by atoms with E-state index in [1.54, 1.807) is 11.1 Å². The molecule has 5 heteroatoms. The summed E-state index contributed by atoms with van der Waals surface area (Å²) in [7, 11) is 0. The molecule has 1 atom stereocenters. The van der Waals surface area contributed by atoms with Crippen LogP contribution in [0.25, 0.3) is 0 Å². The van der Waals surface area contributed by atoms with E-state index in [9.17, 15) is 9.90 Å². The Hall–Kier alpha value is -0.940. The molecular weight excluding hydrogens is 200 g/mol. The Morgan fingerprint density at radius 1 is 1.79 bits per heavy atom. The molecule has 76 valence electrons. The van der Waals surface area contributed by atoms with Gasteiger partial charge in [-0.1, -0.05) is 0 Å². The number of nitrogens with zero attached hydrogens (tertiary/aromatic N) is 2. The minimum Gasteiger partial charge on any atom is -0.391 e. The summed E-state index contributed by atoms with van der Waals surface area (Å²) in [6, 6.07) is 0. The lowest BCUT2D eigenvalue weighted by molar-refractivity contribution is 0.0769. The number of carbonyl (C=O) groups is 1. The molecule has 1 aromatic rings. The molecule has 1 N–H and O–H groups in total. The fraction of sp³-hybridized carbons (Fsp3) is 0.556. The van der Waals surface area contributed by atoms with E-state index in [0.717, 1.165) is 5.01 Å². The lowest BCUT2D eigenvalue weighted by Gasteiger charge is -2.13. The second-order valence-electron chi connectivity index (χ2n) is 3.44. The van der Waals surface area contributed by atoms with Crippen molar-refractivity contribution in [1.82, 2.24) is 9.88 Å². The molecule has 0 unspecified atom stereocenters. The van der Waals surface area contributed by atoms with Gasteiger partial charge >= 0.3 is 0 Å². The summed E-state index contributed by atoms with van der Waals surface area (Å²) in [6.07, 6.45) is 1.93. The number of amides is 1. The quantitative estimate of drug-likeness (QED) is 0.744. The smallest absolute Gasteiger partial charge is 0.265 e. The van der Waals surface area contributed by atoms with Crippen molar-refractivity contribution in [1.29, 1.82) is 0 Å². The van der Waals surface area contributed by atoms with Crippen LogP contribution in [0.1, 0.15) is 21.1 Å². The average Bonchev–Trinajstić information content (AvgIpc) is 2.73. The number of aliphatic hydroxyl groups excluding tert-OH is 1. The van der Waals surface area contributed by atoms with Crippen molar-refractivity contribution in [3.8, 4) is 0 Å². The van der Waals surface area contributed by atoms with Crippen molar-refractivity contribution in [2.75, 3.05) is 13.1 Å². The Morgan fingerprint density at radius 3 is 3.07 bits per heavy atom. The van der Waals surface area contributed by atoms with Crippen LogP contribution in [0.3, 0.4) is 0 Å². The summed E-state index contributed by atoms with van der Waals surface area (Å²) < 4.78 is 0. The van der Waals surface area contributed by atoms with Gasteiger partial charge in [0.15, 0.2) is 0 Å². The minimum atomic E-state index is -0.354. The second kappa shape index (κ2) is 3.67. The Balaban J connectivity index is 2.09. The van der Waals surface area contributed by atoms with Crippen molar-refractivity contribution < 1.29 is 9.90 Å². The van der Waals surface area contributed by atoms with E-state index in [-0.39, 0.29) is 12.0 Å². The Kier molecular flexibility index (Phi) is 2.52. The van der Waals surface area contributed by atoms with Gasteiger partial charge in [-0.05, 0) is 13.3 Å². The summed E-state index contributed by atoms with van der Waals surface area (Å²) in [5.41, 5.74) is 0. The van der Waals surface area contributed by atoms with Gasteiger partial charge in [0.1, 0.15) is 4.88 Å². The minimum absolute atomic E-state index is 0.00727. The van der Waals surface area contributed by atoms with Gasteiger partial charge in [-0.25, -0.2) is 4.98 Å². The first-order valence-corrected chi connectivity index (χ1v) is 5.38. The lowest BCUT2D eigenvalue weighted by atomic mass is 10.3. The van der Waals surface area contributed by atoms with Gasteiger partial charge in [0.25, 0.3) is 5.91 Å². The third kappa shape index (κ3) is 1.78. The van der Waals surface area contributed by atoms with Gasteiger partial charge in [0.2, 0.25) is 0 Å². The van der Waals surface area contributed by atoms with Crippen LogP contribution < -0.4 is 0 Å². The number of β-amino-alcohol motifs (C(OH)–C–C–N with tert-alkyl or cyclic N) is 1. The monoisotopic (exact) mass is 212 g/mol. The molecule has 1 aliphatic heterocycles. The van der Waals surface area contributed by atoms with Crippen LogP contribution in [0.4, 0.5) is 0 Å². The second-order valence-corrected chi connectivity index (χ2v) is 4.67. The lowest BCUT2D eigenvalue weighted by Crippen LogP contribution is -2.28. The van der Waals surface area contributed by atoms with E-state index in [4.69, 9.17) is 0 Å². The summed E-state index contributed by atoms with van der Waals surface area (Å²) in [6.45, 7) is 2.98. The normalized spacial score (nSPS) is 21.6. The van der Waals surface area contributed by atoms with Crippen molar-refractivity contribution in [3.63, 3.8) is 0 Å². The number of thiazole rings is 1. The molecule has 1 saturated heterocycles. The topological polar surface area (TPSA) is 53.4 Å². The molecule has 0 aromatic carbocycles. The fourth-order valence-corrected chi connectivity index (χ4v) is 2.29. The van der Waals surface area contributed by atoms with Gasteiger partial charge in [-0.3, -0.25) is 4.79 Å². The molecule has 0 saturated carbocycles. The zero-order valence-electron chi connectivity index (χ0n) is 7.93. The average molecular weight is 212 g/mol. The molecule has 0 spiro atoms. The summed E-state index contributed by atoms with van der Waals surface area (Å²) in [4.78, 5) is 18.2. The first-order valence-electron chi connectivity index (χ1n) is 4.56.